The second kappa shape index (κ2) is 6.49. The van der Waals surface area contributed by atoms with Gasteiger partial charge in [0.15, 0.2) is 0 Å². The van der Waals surface area contributed by atoms with Gasteiger partial charge in [0.05, 0.1) is 12.6 Å². The van der Waals surface area contributed by atoms with Crippen LogP contribution in [0.25, 0.3) is 0 Å². The molecule has 0 bridgehead atoms. The molecule has 2 atom stereocenters. The van der Waals surface area contributed by atoms with Crippen LogP contribution < -0.4 is 15.4 Å². The SMILES string of the molecule is CCC1CCCCC1(CN)N(C)c1ccc(OC)cc1. The lowest BCUT2D eigenvalue weighted by Crippen LogP contribution is -2.58. The van der Waals surface area contributed by atoms with E-state index in [1.807, 2.05) is 12.1 Å². The number of hydrogen-bond donors (Lipinski definition) is 1. The van der Waals surface area contributed by atoms with Gasteiger partial charge in [0.1, 0.15) is 5.75 Å². The topological polar surface area (TPSA) is 38.5 Å². The van der Waals surface area contributed by atoms with E-state index < -0.39 is 0 Å². The van der Waals surface area contributed by atoms with Crippen LogP contribution in [0.15, 0.2) is 24.3 Å². The highest BCUT2D eigenvalue weighted by Gasteiger charge is 2.42. The van der Waals surface area contributed by atoms with Crippen molar-refractivity contribution in [2.24, 2.45) is 11.7 Å². The minimum atomic E-state index is 0.113. The molecule has 0 radical (unpaired) electrons. The summed E-state index contributed by atoms with van der Waals surface area (Å²) in [5.41, 5.74) is 7.58. The fourth-order valence-electron chi connectivity index (χ4n) is 3.79. The molecule has 0 heterocycles. The van der Waals surface area contributed by atoms with Crippen molar-refractivity contribution in [3.05, 3.63) is 24.3 Å². The van der Waals surface area contributed by atoms with E-state index in [4.69, 9.17) is 10.5 Å². The normalized spacial score (nSPS) is 26.3. The van der Waals surface area contributed by atoms with Gasteiger partial charge in [-0.3, -0.25) is 0 Å². The summed E-state index contributed by atoms with van der Waals surface area (Å²) in [6.45, 7) is 3.02. The van der Waals surface area contributed by atoms with Crippen LogP contribution in [0.2, 0.25) is 0 Å². The van der Waals surface area contributed by atoms with Crippen LogP contribution in [0.4, 0.5) is 5.69 Å². The molecule has 3 heteroatoms. The summed E-state index contributed by atoms with van der Waals surface area (Å²) < 4.78 is 5.24. The third kappa shape index (κ3) is 2.64. The zero-order chi connectivity index (χ0) is 14.6. The summed E-state index contributed by atoms with van der Waals surface area (Å²) in [7, 11) is 3.90. The monoisotopic (exact) mass is 276 g/mol. The standard InChI is InChI=1S/C17H28N2O/c1-4-14-7-5-6-12-17(14,13-18)19(2)15-8-10-16(20-3)11-9-15/h8-11,14H,4-7,12-13,18H2,1-3H3. The van der Waals surface area contributed by atoms with E-state index in [1.54, 1.807) is 7.11 Å². The maximum atomic E-state index is 6.23. The Morgan fingerprint density at radius 2 is 2.00 bits per heavy atom. The Morgan fingerprint density at radius 1 is 1.30 bits per heavy atom. The first kappa shape index (κ1) is 15.2. The summed E-state index contributed by atoms with van der Waals surface area (Å²) in [6, 6.07) is 8.33. The molecule has 0 aromatic heterocycles. The molecule has 0 saturated heterocycles. The van der Waals surface area contributed by atoms with E-state index in [9.17, 15) is 0 Å². The third-order valence-corrected chi connectivity index (χ3v) is 5.15. The predicted octanol–water partition coefficient (Wildman–Crippen LogP) is 3.43. The molecular weight excluding hydrogens is 248 g/mol. The first-order valence-corrected chi connectivity index (χ1v) is 7.76. The second-order valence-electron chi connectivity index (χ2n) is 5.92. The van der Waals surface area contributed by atoms with E-state index in [0.29, 0.717) is 5.92 Å². The molecule has 1 aromatic rings. The Kier molecular flexibility index (Phi) is 4.92. The molecule has 1 fully saturated rings. The number of nitrogens with zero attached hydrogens (tertiary/aromatic N) is 1. The highest BCUT2D eigenvalue weighted by Crippen LogP contribution is 2.41. The Balaban J connectivity index is 2.28. The Morgan fingerprint density at radius 3 is 2.55 bits per heavy atom. The molecule has 2 N–H and O–H groups in total. The summed E-state index contributed by atoms with van der Waals surface area (Å²) in [4.78, 5) is 2.42. The van der Waals surface area contributed by atoms with Crippen LogP contribution >= 0.6 is 0 Å². The van der Waals surface area contributed by atoms with Gasteiger partial charge in [-0.15, -0.1) is 0 Å². The van der Waals surface area contributed by atoms with Gasteiger partial charge in [-0.25, -0.2) is 0 Å². The van der Waals surface area contributed by atoms with Crippen molar-refractivity contribution in [3.8, 4) is 5.75 Å². The molecule has 0 amide bonds. The van der Waals surface area contributed by atoms with Crippen molar-refractivity contribution in [3.63, 3.8) is 0 Å². The van der Waals surface area contributed by atoms with Gasteiger partial charge in [-0.05, 0) is 43.0 Å². The lowest BCUT2D eigenvalue weighted by atomic mass is 9.70. The molecule has 1 saturated carbocycles. The van der Waals surface area contributed by atoms with Gasteiger partial charge in [0.25, 0.3) is 0 Å². The van der Waals surface area contributed by atoms with Crippen molar-refractivity contribution < 1.29 is 4.74 Å². The van der Waals surface area contributed by atoms with Gasteiger partial charge in [-0.1, -0.05) is 26.2 Å². The van der Waals surface area contributed by atoms with E-state index in [-0.39, 0.29) is 5.54 Å². The summed E-state index contributed by atoms with van der Waals surface area (Å²) in [6.07, 6.45) is 6.33. The predicted molar refractivity (Wildman–Crippen MR) is 85.4 cm³/mol. The van der Waals surface area contributed by atoms with Crippen LogP contribution in [0.1, 0.15) is 39.0 Å². The molecule has 20 heavy (non-hydrogen) atoms. The molecule has 2 rings (SSSR count). The molecule has 0 aliphatic heterocycles. The molecule has 2 unspecified atom stereocenters. The van der Waals surface area contributed by atoms with Crippen molar-refractivity contribution in [1.82, 2.24) is 0 Å². The minimum absolute atomic E-state index is 0.113. The first-order valence-electron chi connectivity index (χ1n) is 7.76. The van der Waals surface area contributed by atoms with Crippen molar-refractivity contribution >= 4 is 5.69 Å². The molecule has 3 nitrogen and oxygen atoms in total. The average Bonchev–Trinajstić information content (AvgIpc) is 2.54. The smallest absolute Gasteiger partial charge is 0.119 e. The van der Waals surface area contributed by atoms with Crippen molar-refractivity contribution in [2.45, 2.75) is 44.6 Å². The van der Waals surface area contributed by atoms with E-state index >= 15 is 0 Å². The number of ether oxygens (including phenoxy) is 1. The van der Waals surface area contributed by atoms with E-state index in [0.717, 1.165) is 12.3 Å². The fraction of sp³-hybridized carbons (Fsp3) is 0.647. The Bertz CT molecular complexity index is 418. The fourth-order valence-corrected chi connectivity index (χ4v) is 3.79. The molecular formula is C17H28N2O. The first-order chi connectivity index (χ1) is 9.67. The van der Waals surface area contributed by atoms with Gasteiger partial charge in [-0.2, -0.15) is 0 Å². The van der Waals surface area contributed by atoms with Crippen molar-refractivity contribution in [2.75, 3.05) is 25.6 Å². The summed E-state index contributed by atoms with van der Waals surface area (Å²) in [5.74, 6) is 1.59. The van der Waals surface area contributed by atoms with Gasteiger partial charge in [0, 0.05) is 19.3 Å². The minimum Gasteiger partial charge on any atom is -0.497 e. The van der Waals surface area contributed by atoms with E-state index in [2.05, 4.69) is 31.0 Å². The lowest BCUT2D eigenvalue weighted by molar-refractivity contribution is 0.183. The van der Waals surface area contributed by atoms with Crippen LogP contribution in [0, 0.1) is 5.92 Å². The second-order valence-corrected chi connectivity index (χ2v) is 5.92. The molecule has 112 valence electrons. The van der Waals surface area contributed by atoms with Gasteiger partial charge >= 0.3 is 0 Å². The largest absolute Gasteiger partial charge is 0.497 e. The summed E-state index contributed by atoms with van der Waals surface area (Å²) in [5, 5.41) is 0. The van der Waals surface area contributed by atoms with Crippen LogP contribution in [-0.2, 0) is 0 Å². The van der Waals surface area contributed by atoms with Crippen molar-refractivity contribution in [1.29, 1.82) is 0 Å². The number of hydrogen-bond acceptors (Lipinski definition) is 3. The van der Waals surface area contributed by atoms with Gasteiger partial charge in [0.2, 0.25) is 0 Å². The highest BCUT2D eigenvalue weighted by molar-refractivity contribution is 5.51. The third-order valence-electron chi connectivity index (χ3n) is 5.15. The van der Waals surface area contributed by atoms with Crippen LogP contribution in [0.5, 0.6) is 5.75 Å². The number of nitrogens with two attached hydrogens (primary N) is 1. The molecule has 1 aliphatic rings. The van der Waals surface area contributed by atoms with Gasteiger partial charge < -0.3 is 15.4 Å². The number of rotatable bonds is 5. The lowest BCUT2D eigenvalue weighted by Gasteiger charge is -2.50. The van der Waals surface area contributed by atoms with Crippen LogP contribution in [0.3, 0.4) is 0 Å². The number of methoxy groups -OCH3 is 1. The maximum absolute atomic E-state index is 6.23. The van der Waals surface area contributed by atoms with E-state index in [1.165, 1.54) is 37.8 Å². The number of likely N-dealkylation sites (N-methyl/N-ethyl adjacent to an activating group) is 1. The molecule has 1 aliphatic carbocycles. The molecule has 1 aromatic carbocycles. The number of benzene rings is 1. The summed E-state index contributed by atoms with van der Waals surface area (Å²) >= 11 is 0. The number of anilines is 1. The molecule has 0 spiro atoms. The highest BCUT2D eigenvalue weighted by atomic mass is 16.5. The zero-order valence-corrected chi connectivity index (χ0v) is 13.1. The quantitative estimate of drug-likeness (QED) is 0.895. The zero-order valence-electron chi connectivity index (χ0n) is 13.1. The Hall–Kier alpha value is -1.22. The maximum Gasteiger partial charge on any atom is 0.119 e. The Labute approximate surface area is 123 Å². The average molecular weight is 276 g/mol. The van der Waals surface area contributed by atoms with Crippen LogP contribution in [-0.4, -0.2) is 26.2 Å².